The van der Waals surface area contributed by atoms with Gasteiger partial charge in [0.25, 0.3) is 0 Å². The summed E-state index contributed by atoms with van der Waals surface area (Å²) in [6.45, 7) is 2.45. The Morgan fingerprint density at radius 3 is 2.55 bits per heavy atom. The maximum absolute atomic E-state index is 13.5. The van der Waals surface area contributed by atoms with Crippen molar-refractivity contribution in [2.24, 2.45) is 0 Å². The smallest absolute Gasteiger partial charge is 0.247 e. The number of likely N-dealkylation sites (tertiary alicyclic amines) is 1. The minimum atomic E-state index is -0.757. The van der Waals surface area contributed by atoms with Crippen molar-refractivity contribution < 1.29 is 19.1 Å². The molecule has 1 fully saturated rings. The Morgan fingerprint density at radius 2 is 1.83 bits per heavy atom. The Labute approximate surface area is 245 Å². The number of aromatic amines is 1. The lowest BCUT2D eigenvalue weighted by atomic mass is 10.0. The molecule has 1 aliphatic heterocycles. The average molecular weight is 566 g/mol. The molecule has 2 aromatic carbocycles. The molecular weight excluding hydrogens is 530 g/mol. The number of fused-ring (bicyclic) bond motifs is 1. The highest BCUT2D eigenvalue weighted by Gasteiger charge is 2.37. The van der Waals surface area contributed by atoms with Gasteiger partial charge in [0, 0.05) is 62.5 Å². The number of nitrogens with one attached hydrogen (secondary N) is 2. The Hall–Kier alpha value is -4.92. The van der Waals surface area contributed by atoms with Gasteiger partial charge in [0.15, 0.2) is 0 Å². The summed E-state index contributed by atoms with van der Waals surface area (Å²) < 4.78 is 5.84. The zero-order valence-corrected chi connectivity index (χ0v) is 23.8. The normalized spacial score (nSPS) is 15.6. The van der Waals surface area contributed by atoms with Gasteiger partial charge in [0.05, 0.1) is 5.52 Å². The molecule has 3 amide bonds. The second-order valence-corrected chi connectivity index (χ2v) is 10.5. The lowest BCUT2D eigenvalue weighted by molar-refractivity contribution is -0.146. The predicted molar refractivity (Wildman–Crippen MR) is 161 cm³/mol. The molecule has 5 rings (SSSR count). The first-order chi connectivity index (χ1) is 20.4. The van der Waals surface area contributed by atoms with Gasteiger partial charge in [0.1, 0.15) is 18.7 Å². The van der Waals surface area contributed by atoms with Crippen molar-refractivity contribution >= 4 is 34.7 Å². The molecule has 9 heteroatoms. The number of ether oxygens (including phenoxy) is 1. The van der Waals surface area contributed by atoms with E-state index < -0.39 is 12.1 Å². The van der Waals surface area contributed by atoms with Gasteiger partial charge < -0.3 is 24.8 Å². The lowest BCUT2D eigenvalue weighted by Crippen LogP contribution is -2.53. The van der Waals surface area contributed by atoms with E-state index in [1.54, 1.807) is 30.4 Å². The van der Waals surface area contributed by atoms with E-state index in [2.05, 4.69) is 15.3 Å². The van der Waals surface area contributed by atoms with E-state index in [0.717, 1.165) is 34.0 Å². The van der Waals surface area contributed by atoms with E-state index in [1.807, 2.05) is 72.9 Å². The van der Waals surface area contributed by atoms with Crippen LogP contribution in [-0.4, -0.2) is 63.2 Å². The Kier molecular flexibility index (Phi) is 8.96. The Morgan fingerprint density at radius 1 is 1.12 bits per heavy atom. The highest BCUT2D eigenvalue weighted by Crippen LogP contribution is 2.23. The molecule has 4 aromatic rings. The van der Waals surface area contributed by atoms with Crippen LogP contribution in [0.25, 0.3) is 17.0 Å². The van der Waals surface area contributed by atoms with Crippen LogP contribution in [0.1, 0.15) is 36.5 Å². The van der Waals surface area contributed by atoms with Crippen LogP contribution in [-0.2, 0) is 27.4 Å². The number of H-pyrrole nitrogens is 1. The molecule has 0 bridgehead atoms. The molecule has 9 nitrogen and oxygen atoms in total. The van der Waals surface area contributed by atoms with Crippen LogP contribution < -0.4 is 10.1 Å². The molecule has 2 N–H and O–H groups in total. The number of hydrogen-bond donors (Lipinski definition) is 2. The van der Waals surface area contributed by atoms with Crippen molar-refractivity contribution in [3.05, 3.63) is 102 Å². The lowest BCUT2D eigenvalue weighted by Gasteiger charge is -2.32. The van der Waals surface area contributed by atoms with Crippen molar-refractivity contribution in [2.45, 2.75) is 44.9 Å². The molecule has 0 spiro atoms. The third kappa shape index (κ3) is 6.68. The van der Waals surface area contributed by atoms with Gasteiger partial charge in [-0.05, 0) is 30.0 Å². The van der Waals surface area contributed by atoms with E-state index in [0.29, 0.717) is 31.9 Å². The summed E-state index contributed by atoms with van der Waals surface area (Å²) >= 11 is 0. The van der Waals surface area contributed by atoms with E-state index >= 15 is 0 Å². The number of carbonyl (C=O) groups is 3. The summed E-state index contributed by atoms with van der Waals surface area (Å²) in [4.78, 5) is 49.8. The summed E-state index contributed by atoms with van der Waals surface area (Å²) in [6.07, 6.45) is 8.65. The molecule has 0 radical (unpaired) electrons. The Bertz CT molecular complexity index is 1570. The molecular formula is C33H35N5O4. The minimum Gasteiger partial charge on any atom is -0.473 e. The van der Waals surface area contributed by atoms with Gasteiger partial charge in [-0.15, -0.1) is 0 Å². The number of aromatic nitrogens is 2. The van der Waals surface area contributed by atoms with Crippen molar-refractivity contribution in [3.8, 4) is 5.88 Å². The monoisotopic (exact) mass is 565 g/mol. The van der Waals surface area contributed by atoms with E-state index in [4.69, 9.17) is 4.74 Å². The number of benzene rings is 2. The maximum atomic E-state index is 13.5. The highest BCUT2D eigenvalue weighted by molar-refractivity contribution is 5.93. The van der Waals surface area contributed by atoms with Gasteiger partial charge in [-0.2, -0.15) is 0 Å². The fourth-order valence-corrected chi connectivity index (χ4v) is 5.31. The van der Waals surface area contributed by atoms with Crippen LogP contribution >= 0.6 is 0 Å². The molecule has 1 unspecified atom stereocenters. The quantitative estimate of drug-likeness (QED) is 0.298. The molecule has 216 valence electrons. The van der Waals surface area contributed by atoms with Crippen LogP contribution in [0.5, 0.6) is 5.88 Å². The summed E-state index contributed by atoms with van der Waals surface area (Å²) in [5, 5.41) is 3.74. The fourth-order valence-electron chi connectivity index (χ4n) is 5.31. The molecule has 2 aromatic heterocycles. The molecule has 0 saturated carbocycles. The Balaban J connectivity index is 1.27. The highest BCUT2D eigenvalue weighted by atomic mass is 16.5. The minimum absolute atomic E-state index is 0.130. The molecule has 0 aliphatic carbocycles. The van der Waals surface area contributed by atoms with E-state index in [1.165, 1.54) is 11.8 Å². The summed E-state index contributed by atoms with van der Waals surface area (Å²) in [6, 6.07) is 20.0. The number of amides is 3. The third-order valence-corrected chi connectivity index (χ3v) is 7.62. The number of carbonyl (C=O) groups excluding carboxylic acids is 3. The third-order valence-electron chi connectivity index (χ3n) is 7.62. The van der Waals surface area contributed by atoms with Crippen molar-refractivity contribution in [2.75, 3.05) is 13.6 Å². The second kappa shape index (κ2) is 13.2. The largest absolute Gasteiger partial charge is 0.473 e. The number of pyridine rings is 1. The van der Waals surface area contributed by atoms with Gasteiger partial charge in [0.2, 0.25) is 23.6 Å². The standard InChI is InChI=1S/C33H35N5O4/c1-23(39)38-17-9-14-29(38)33(41)37(2)30(18-24-10-5-3-6-11-24)32(40)34-16-15-26-20-35-28-19-31(36-21-27(26)28)42-22-25-12-7-4-8-13-25/h3-8,10-13,15-16,19-21,29-30,35H,9,14,17-18,22H2,1-2H3,(H,34,40)/b16-15+/t29-,30?/m1/s1. The number of nitrogens with zero attached hydrogens (tertiary/aromatic N) is 3. The predicted octanol–water partition coefficient (Wildman–Crippen LogP) is 4.31. The molecule has 3 heterocycles. The van der Waals surface area contributed by atoms with Gasteiger partial charge >= 0.3 is 0 Å². The molecule has 2 atom stereocenters. The number of rotatable bonds is 10. The number of likely N-dealkylation sites (N-methyl/N-ethyl adjacent to an activating group) is 1. The first-order valence-electron chi connectivity index (χ1n) is 14.1. The van der Waals surface area contributed by atoms with E-state index in [-0.39, 0.29) is 17.7 Å². The van der Waals surface area contributed by atoms with Crippen LogP contribution in [0.4, 0.5) is 0 Å². The summed E-state index contributed by atoms with van der Waals surface area (Å²) in [5.41, 5.74) is 3.70. The van der Waals surface area contributed by atoms with Crippen molar-refractivity contribution in [1.29, 1.82) is 0 Å². The molecule has 1 saturated heterocycles. The second-order valence-electron chi connectivity index (χ2n) is 10.5. The maximum Gasteiger partial charge on any atom is 0.247 e. The average Bonchev–Trinajstić information content (AvgIpc) is 3.67. The van der Waals surface area contributed by atoms with Gasteiger partial charge in [-0.1, -0.05) is 60.7 Å². The van der Waals surface area contributed by atoms with Gasteiger partial charge in [-0.3, -0.25) is 14.4 Å². The summed E-state index contributed by atoms with van der Waals surface area (Å²) in [7, 11) is 1.64. The van der Waals surface area contributed by atoms with Crippen LogP contribution in [0, 0.1) is 0 Å². The summed E-state index contributed by atoms with van der Waals surface area (Å²) in [5.74, 6) is -0.155. The zero-order chi connectivity index (χ0) is 29.5. The SMILES string of the molecule is CC(=O)N1CCC[C@@H]1C(=O)N(C)C(Cc1ccccc1)C(=O)N/C=C/c1c[nH]c2cc(OCc3ccccc3)ncc12. The first-order valence-corrected chi connectivity index (χ1v) is 14.1. The van der Waals surface area contributed by atoms with Gasteiger partial charge in [-0.25, -0.2) is 4.98 Å². The fraction of sp³-hybridized carbons (Fsp3) is 0.273. The van der Waals surface area contributed by atoms with Crippen molar-refractivity contribution in [3.63, 3.8) is 0 Å². The van der Waals surface area contributed by atoms with Crippen molar-refractivity contribution in [1.82, 2.24) is 25.1 Å². The molecule has 1 aliphatic rings. The van der Waals surface area contributed by atoms with Crippen LogP contribution in [0.2, 0.25) is 0 Å². The topological polar surface area (TPSA) is 108 Å². The van der Waals surface area contributed by atoms with Crippen LogP contribution in [0.3, 0.4) is 0 Å². The molecule has 42 heavy (non-hydrogen) atoms. The first kappa shape index (κ1) is 28.6. The number of hydrogen-bond acceptors (Lipinski definition) is 5. The van der Waals surface area contributed by atoms with E-state index in [9.17, 15) is 14.4 Å². The zero-order valence-electron chi connectivity index (χ0n) is 23.8. The van der Waals surface area contributed by atoms with Crippen LogP contribution in [0.15, 0.2) is 85.3 Å².